The van der Waals surface area contributed by atoms with Crippen LogP contribution in [0.3, 0.4) is 0 Å². The Balaban J connectivity index is 1.91. The molecular formula is C17H20ClN5O. The van der Waals surface area contributed by atoms with E-state index in [1.807, 2.05) is 18.7 Å². The average Bonchev–Trinajstić information content (AvgIpc) is 3.06. The largest absolute Gasteiger partial charge is 0.382 e. The molecule has 1 fully saturated rings. The summed E-state index contributed by atoms with van der Waals surface area (Å²) in [6, 6.07) is 7.57. The van der Waals surface area contributed by atoms with E-state index in [1.165, 1.54) is 0 Å². The molecule has 0 saturated carbocycles. The summed E-state index contributed by atoms with van der Waals surface area (Å²) < 4.78 is 1.74. The van der Waals surface area contributed by atoms with Gasteiger partial charge in [-0.2, -0.15) is 5.26 Å². The van der Waals surface area contributed by atoms with Crippen molar-refractivity contribution < 1.29 is 5.11 Å². The lowest BCUT2D eigenvalue weighted by atomic mass is 9.89. The summed E-state index contributed by atoms with van der Waals surface area (Å²) in [7, 11) is 0. The molecular weight excluding hydrogens is 326 g/mol. The first-order valence-corrected chi connectivity index (χ1v) is 8.40. The molecule has 1 saturated heterocycles. The molecule has 1 atom stereocenters. The third-order valence-electron chi connectivity index (χ3n) is 4.41. The number of nitrogens with zero attached hydrogens (tertiary/aromatic N) is 5. The van der Waals surface area contributed by atoms with Crippen LogP contribution in [0.2, 0.25) is 5.02 Å². The van der Waals surface area contributed by atoms with Gasteiger partial charge in [0.15, 0.2) is 0 Å². The summed E-state index contributed by atoms with van der Waals surface area (Å²) in [5.74, 6) is 0. The lowest BCUT2D eigenvalue weighted by Gasteiger charge is -2.39. The highest BCUT2D eigenvalue weighted by molar-refractivity contribution is 6.30. The van der Waals surface area contributed by atoms with E-state index in [1.54, 1.807) is 29.1 Å². The van der Waals surface area contributed by atoms with Crippen molar-refractivity contribution in [3.05, 3.63) is 40.7 Å². The Morgan fingerprint density at radius 3 is 2.88 bits per heavy atom. The average molecular weight is 346 g/mol. The van der Waals surface area contributed by atoms with E-state index >= 15 is 0 Å². The van der Waals surface area contributed by atoms with Gasteiger partial charge in [0.1, 0.15) is 17.4 Å². The number of rotatable bonds is 3. The van der Waals surface area contributed by atoms with Gasteiger partial charge in [-0.1, -0.05) is 16.8 Å². The molecule has 0 bridgehead atoms. The number of anilines is 1. The Morgan fingerprint density at radius 1 is 1.42 bits per heavy atom. The van der Waals surface area contributed by atoms with Gasteiger partial charge in [0, 0.05) is 17.6 Å². The maximum atomic E-state index is 11.1. The van der Waals surface area contributed by atoms with Gasteiger partial charge in [-0.15, -0.1) is 5.10 Å². The first-order valence-electron chi connectivity index (χ1n) is 8.02. The Morgan fingerprint density at radius 2 is 2.21 bits per heavy atom. The number of β-amino-alcohol motifs (C(OH)–C–C–N with tert-alkyl or cyclic N) is 1. The van der Waals surface area contributed by atoms with Crippen molar-refractivity contribution in [1.82, 2.24) is 15.0 Å². The van der Waals surface area contributed by atoms with Crippen molar-refractivity contribution in [2.75, 3.05) is 18.0 Å². The SMILES string of the molecule is CC(C)n1cc([C@]2(O)CCCN(c3cc(Cl)ccc3C#N)C2)nn1. The van der Waals surface area contributed by atoms with Crippen LogP contribution in [0.4, 0.5) is 5.69 Å². The molecule has 1 aliphatic heterocycles. The lowest BCUT2D eigenvalue weighted by molar-refractivity contribution is 0.0176. The van der Waals surface area contributed by atoms with Gasteiger partial charge in [-0.05, 0) is 44.9 Å². The van der Waals surface area contributed by atoms with Gasteiger partial charge in [0.25, 0.3) is 0 Å². The van der Waals surface area contributed by atoms with E-state index in [4.69, 9.17) is 11.6 Å². The van der Waals surface area contributed by atoms with Crippen molar-refractivity contribution in [2.24, 2.45) is 0 Å². The Kier molecular flexibility index (Phi) is 4.48. The second-order valence-corrected chi connectivity index (χ2v) is 6.94. The van der Waals surface area contributed by atoms with E-state index in [0.29, 0.717) is 29.2 Å². The predicted molar refractivity (Wildman–Crippen MR) is 91.9 cm³/mol. The molecule has 7 heteroatoms. The summed E-state index contributed by atoms with van der Waals surface area (Å²) in [5.41, 5.74) is 0.788. The molecule has 0 amide bonds. The molecule has 0 aliphatic carbocycles. The molecule has 2 aromatic rings. The minimum absolute atomic E-state index is 0.188. The molecule has 1 aromatic heterocycles. The van der Waals surface area contributed by atoms with Crippen LogP contribution in [-0.4, -0.2) is 33.2 Å². The van der Waals surface area contributed by atoms with Gasteiger partial charge in [0.05, 0.1) is 24.0 Å². The predicted octanol–water partition coefficient (Wildman–Crippen LogP) is 2.87. The second kappa shape index (κ2) is 6.42. The maximum Gasteiger partial charge on any atom is 0.127 e. The van der Waals surface area contributed by atoms with Crippen molar-refractivity contribution in [1.29, 1.82) is 5.26 Å². The highest BCUT2D eigenvalue weighted by atomic mass is 35.5. The number of hydrogen-bond donors (Lipinski definition) is 1. The zero-order valence-corrected chi connectivity index (χ0v) is 14.5. The Labute approximate surface area is 146 Å². The first kappa shape index (κ1) is 16.7. The van der Waals surface area contributed by atoms with Crippen LogP contribution < -0.4 is 4.90 Å². The number of aliphatic hydroxyl groups is 1. The second-order valence-electron chi connectivity index (χ2n) is 6.51. The molecule has 1 N–H and O–H groups in total. The first-order chi connectivity index (χ1) is 11.4. The van der Waals surface area contributed by atoms with Crippen molar-refractivity contribution in [3.8, 4) is 6.07 Å². The number of nitriles is 1. The molecule has 0 radical (unpaired) electrons. The van der Waals surface area contributed by atoms with Crippen LogP contribution in [0, 0.1) is 11.3 Å². The molecule has 126 valence electrons. The van der Waals surface area contributed by atoms with Gasteiger partial charge >= 0.3 is 0 Å². The third kappa shape index (κ3) is 3.10. The molecule has 1 aromatic carbocycles. The summed E-state index contributed by atoms with van der Waals surface area (Å²) in [6.45, 7) is 5.15. The molecule has 0 unspecified atom stereocenters. The van der Waals surface area contributed by atoms with Crippen LogP contribution in [0.15, 0.2) is 24.4 Å². The molecule has 6 nitrogen and oxygen atoms in total. The van der Waals surface area contributed by atoms with Crippen LogP contribution in [-0.2, 0) is 5.60 Å². The Hall–Kier alpha value is -2.10. The fourth-order valence-electron chi connectivity index (χ4n) is 3.05. The highest BCUT2D eigenvalue weighted by Crippen LogP contribution is 2.35. The third-order valence-corrected chi connectivity index (χ3v) is 4.64. The van der Waals surface area contributed by atoms with Crippen LogP contribution in [0.25, 0.3) is 0 Å². The smallest absolute Gasteiger partial charge is 0.127 e. The van der Waals surface area contributed by atoms with E-state index < -0.39 is 5.60 Å². The zero-order chi connectivity index (χ0) is 17.3. The molecule has 24 heavy (non-hydrogen) atoms. The topological polar surface area (TPSA) is 78.0 Å². The molecule has 0 spiro atoms. The number of piperidine rings is 1. The zero-order valence-electron chi connectivity index (χ0n) is 13.8. The van der Waals surface area contributed by atoms with Crippen LogP contribution in [0.1, 0.15) is 44.0 Å². The van der Waals surface area contributed by atoms with Crippen molar-refractivity contribution in [3.63, 3.8) is 0 Å². The lowest BCUT2D eigenvalue weighted by Crippen LogP contribution is -2.46. The summed E-state index contributed by atoms with van der Waals surface area (Å²) >= 11 is 6.10. The fourth-order valence-corrected chi connectivity index (χ4v) is 3.22. The summed E-state index contributed by atoms with van der Waals surface area (Å²) in [6.07, 6.45) is 3.21. The quantitative estimate of drug-likeness (QED) is 0.925. The van der Waals surface area contributed by atoms with Gasteiger partial charge in [0.2, 0.25) is 0 Å². The van der Waals surface area contributed by atoms with Gasteiger partial charge in [-0.3, -0.25) is 0 Å². The summed E-state index contributed by atoms with van der Waals surface area (Å²) in [4.78, 5) is 2.00. The highest BCUT2D eigenvalue weighted by Gasteiger charge is 2.38. The van der Waals surface area contributed by atoms with Crippen LogP contribution in [0.5, 0.6) is 0 Å². The van der Waals surface area contributed by atoms with Gasteiger partial charge in [-0.25, -0.2) is 4.68 Å². The van der Waals surface area contributed by atoms with Crippen molar-refractivity contribution >= 4 is 17.3 Å². The number of aromatic nitrogens is 3. The van der Waals surface area contributed by atoms with Crippen molar-refractivity contribution in [2.45, 2.75) is 38.3 Å². The minimum Gasteiger partial charge on any atom is -0.382 e. The Bertz CT molecular complexity index is 782. The molecule has 1 aliphatic rings. The monoisotopic (exact) mass is 345 g/mol. The number of benzene rings is 1. The van der Waals surface area contributed by atoms with E-state index in [2.05, 4.69) is 16.4 Å². The van der Waals surface area contributed by atoms with Crippen LogP contribution >= 0.6 is 11.6 Å². The van der Waals surface area contributed by atoms with E-state index in [-0.39, 0.29) is 6.04 Å². The molecule has 2 heterocycles. The standard InChI is InChI=1S/C17H20ClN5O/c1-12(2)23-10-16(20-21-23)17(24)6-3-7-22(11-17)15-8-14(18)5-4-13(15)9-19/h4-5,8,10,12,24H,3,6-7,11H2,1-2H3/t17-/m0/s1. The van der Waals surface area contributed by atoms with E-state index in [0.717, 1.165) is 18.7 Å². The summed E-state index contributed by atoms with van der Waals surface area (Å²) in [5, 5.41) is 29.3. The minimum atomic E-state index is -1.08. The molecule has 3 rings (SSSR count). The maximum absolute atomic E-state index is 11.1. The fraction of sp³-hybridized carbons (Fsp3) is 0.471. The van der Waals surface area contributed by atoms with E-state index in [9.17, 15) is 10.4 Å². The van der Waals surface area contributed by atoms with Gasteiger partial charge < -0.3 is 10.0 Å². The number of halogens is 1. The normalized spacial score (nSPS) is 21.1. The number of hydrogen-bond acceptors (Lipinski definition) is 5.